The van der Waals surface area contributed by atoms with Gasteiger partial charge in [0.2, 0.25) is 19.5 Å². The van der Waals surface area contributed by atoms with Crippen molar-refractivity contribution in [3.63, 3.8) is 0 Å². The van der Waals surface area contributed by atoms with Crippen LogP contribution in [0.25, 0.3) is 0 Å². The van der Waals surface area contributed by atoms with E-state index >= 15 is 0 Å². The number of amides is 2. The summed E-state index contributed by atoms with van der Waals surface area (Å²) in [6.07, 6.45) is 0. The van der Waals surface area contributed by atoms with E-state index in [0.29, 0.717) is 47.4 Å². The molecule has 0 aliphatic carbocycles. The normalized spacial score (nSPS) is 19.1. The Hall–Kier alpha value is -4.40. The fourth-order valence-corrected chi connectivity index (χ4v) is 5.11. The monoisotopic (exact) mass is 502 g/mol. The van der Waals surface area contributed by atoms with Crippen molar-refractivity contribution in [3.05, 3.63) is 77.4 Å². The molecule has 3 aromatic rings. The molecule has 1 fully saturated rings. The molecule has 0 spiro atoms. The molecule has 2 amide bonds. The average molecular weight is 503 g/mol. The molecule has 9 heteroatoms. The van der Waals surface area contributed by atoms with Crippen molar-refractivity contribution in [3.8, 4) is 28.7 Å². The van der Waals surface area contributed by atoms with Crippen LogP contribution in [-0.2, 0) is 11.3 Å². The fourth-order valence-electron chi connectivity index (χ4n) is 5.11. The van der Waals surface area contributed by atoms with Gasteiger partial charge in [0.25, 0.3) is 5.91 Å². The van der Waals surface area contributed by atoms with Crippen molar-refractivity contribution >= 4 is 11.8 Å². The molecule has 0 unspecified atom stereocenters. The van der Waals surface area contributed by atoms with Crippen LogP contribution in [0.2, 0.25) is 0 Å². The van der Waals surface area contributed by atoms with Crippen LogP contribution in [0.1, 0.15) is 27.4 Å². The summed E-state index contributed by atoms with van der Waals surface area (Å²) < 4.78 is 27.2. The summed E-state index contributed by atoms with van der Waals surface area (Å²) in [6.45, 7) is 1.33. The molecule has 2 atom stereocenters. The molecule has 0 saturated carbocycles. The SMILES string of the molecule is COc1ccccc1[C@@H]1CN(C(=O)c2ccc3c(c2)OCO3)C[C@@H]1C(=O)NCc1ccc2c(c1)OCO2. The van der Waals surface area contributed by atoms with Gasteiger partial charge in [-0.1, -0.05) is 24.3 Å². The Bertz CT molecular complexity index is 1360. The molecule has 0 aromatic heterocycles. The minimum atomic E-state index is -0.455. The Morgan fingerprint density at radius 1 is 0.892 bits per heavy atom. The van der Waals surface area contributed by atoms with Gasteiger partial charge in [-0.3, -0.25) is 9.59 Å². The molecule has 190 valence electrons. The molecule has 0 bridgehead atoms. The summed E-state index contributed by atoms with van der Waals surface area (Å²) in [5, 5.41) is 3.05. The molecule has 3 heterocycles. The number of hydrogen-bond acceptors (Lipinski definition) is 7. The minimum absolute atomic E-state index is 0.130. The summed E-state index contributed by atoms with van der Waals surface area (Å²) in [4.78, 5) is 28.7. The molecule has 9 nitrogen and oxygen atoms in total. The van der Waals surface area contributed by atoms with E-state index in [-0.39, 0.29) is 37.9 Å². The third kappa shape index (κ3) is 4.37. The Morgan fingerprint density at radius 3 is 2.38 bits per heavy atom. The van der Waals surface area contributed by atoms with E-state index in [2.05, 4.69) is 5.32 Å². The summed E-state index contributed by atoms with van der Waals surface area (Å²) in [5.41, 5.74) is 2.29. The highest BCUT2D eigenvalue weighted by atomic mass is 16.7. The molecular formula is C28H26N2O7. The van der Waals surface area contributed by atoms with E-state index in [0.717, 1.165) is 11.1 Å². The Labute approximate surface area is 213 Å². The molecule has 6 rings (SSSR count). The zero-order valence-corrected chi connectivity index (χ0v) is 20.3. The van der Waals surface area contributed by atoms with Gasteiger partial charge in [0.05, 0.1) is 13.0 Å². The van der Waals surface area contributed by atoms with Gasteiger partial charge in [-0.25, -0.2) is 0 Å². The topological polar surface area (TPSA) is 95.6 Å². The van der Waals surface area contributed by atoms with Crippen molar-refractivity contribution < 1.29 is 33.3 Å². The number of ether oxygens (including phenoxy) is 5. The smallest absolute Gasteiger partial charge is 0.254 e. The summed E-state index contributed by atoms with van der Waals surface area (Å²) >= 11 is 0. The fraction of sp³-hybridized carbons (Fsp3) is 0.286. The quantitative estimate of drug-likeness (QED) is 0.553. The molecule has 3 aliphatic heterocycles. The van der Waals surface area contributed by atoms with E-state index < -0.39 is 5.92 Å². The summed E-state index contributed by atoms with van der Waals surface area (Å²) in [6, 6.07) is 18.4. The maximum Gasteiger partial charge on any atom is 0.254 e. The van der Waals surface area contributed by atoms with E-state index in [4.69, 9.17) is 23.7 Å². The van der Waals surface area contributed by atoms with Crippen molar-refractivity contribution in [2.45, 2.75) is 12.5 Å². The number of hydrogen-bond donors (Lipinski definition) is 1. The van der Waals surface area contributed by atoms with Crippen LogP contribution in [0, 0.1) is 5.92 Å². The largest absolute Gasteiger partial charge is 0.496 e. The molecule has 0 radical (unpaired) electrons. The number of nitrogens with zero attached hydrogens (tertiary/aromatic N) is 1. The van der Waals surface area contributed by atoms with Crippen LogP contribution >= 0.6 is 0 Å². The van der Waals surface area contributed by atoms with Crippen LogP contribution in [0.3, 0.4) is 0 Å². The van der Waals surface area contributed by atoms with Crippen molar-refractivity contribution in [2.75, 3.05) is 33.8 Å². The van der Waals surface area contributed by atoms with Gasteiger partial charge in [0.15, 0.2) is 23.0 Å². The van der Waals surface area contributed by atoms with Crippen molar-refractivity contribution in [1.82, 2.24) is 10.2 Å². The van der Waals surface area contributed by atoms with Crippen LogP contribution in [-0.4, -0.2) is 50.5 Å². The van der Waals surface area contributed by atoms with Crippen LogP contribution < -0.4 is 29.0 Å². The Balaban J connectivity index is 1.23. The van der Waals surface area contributed by atoms with E-state index in [1.54, 1.807) is 30.2 Å². The highest BCUT2D eigenvalue weighted by Crippen LogP contribution is 2.39. The van der Waals surface area contributed by atoms with Gasteiger partial charge < -0.3 is 33.9 Å². The first-order valence-electron chi connectivity index (χ1n) is 12.1. The number of benzene rings is 3. The van der Waals surface area contributed by atoms with Crippen LogP contribution in [0.5, 0.6) is 28.7 Å². The number of para-hydroxylation sites is 1. The molecule has 1 saturated heterocycles. The highest BCUT2D eigenvalue weighted by molar-refractivity contribution is 5.96. The standard InChI is InChI=1S/C28H26N2O7/c1-33-22-5-3-2-4-19(22)20-13-30(28(32)18-7-9-24-26(11-18)37-16-35-24)14-21(20)27(31)29-12-17-6-8-23-25(10-17)36-15-34-23/h2-11,20-21H,12-16H2,1H3,(H,29,31)/t20-,21-/m0/s1. The predicted molar refractivity (Wildman–Crippen MR) is 132 cm³/mol. The molecule has 1 N–H and O–H groups in total. The summed E-state index contributed by atoms with van der Waals surface area (Å²) in [5.74, 6) is 2.24. The van der Waals surface area contributed by atoms with E-state index in [1.165, 1.54) is 0 Å². The minimum Gasteiger partial charge on any atom is -0.496 e. The first-order valence-corrected chi connectivity index (χ1v) is 12.1. The van der Waals surface area contributed by atoms with Crippen molar-refractivity contribution in [2.24, 2.45) is 5.92 Å². The molecule has 3 aliphatic rings. The second kappa shape index (κ2) is 9.57. The number of methoxy groups -OCH3 is 1. The van der Waals surface area contributed by atoms with Gasteiger partial charge in [-0.15, -0.1) is 0 Å². The van der Waals surface area contributed by atoms with Gasteiger partial charge >= 0.3 is 0 Å². The Morgan fingerprint density at radius 2 is 1.59 bits per heavy atom. The van der Waals surface area contributed by atoms with E-state index in [9.17, 15) is 9.59 Å². The average Bonchev–Trinajstić information content (AvgIpc) is 3.70. The highest BCUT2D eigenvalue weighted by Gasteiger charge is 2.41. The lowest BCUT2D eigenvalue weighted by Crippen LogP contribution is -2.35. The first-order chi connectivity index (χ1) is 18.1. The first kappa shape index (κ1) is 23.0. The Kier molecular flexibility index (Phi) is 5.96. The van der Waals surface area contributed by atoms with Gasteiger partial charge in [-0.05, 0) is 47.5 Å². The maximum absolute atomic E-state index is 13.5. The lowest BCUT2D eigenvalue weighted by Gasteiger charge is -2.20. The lowest BCUT2D eigenvalue weighted by atomic mass is 9.87. The number of nitrogens with one attached hydrogen (secondary N) is 1. The van der Waals surface area contributed by atoms with Gasteiger partial charge in [0, 0.05) is 31.1 Å². The van der Waals surface area contributed by atoms with E-state index in [1.807, 2.05) is 42.5 Å². The van der Waals surface area contributed by atoms with Gasteiger partial charge in [0.1, 0.15) is 5.75 Å². The number of carbonyl (C=O) groups excluding carboxylic acids is 2. The second-order valence-electron chi connectivity index (χ2n) is 9.14. The van der Waals surface area contributed by atoms with Crippen molar-refractivity contribution in [1.29, 1.82) is 0 Å². The lowest BCUT2D eigenvalue weighted by molar-refractivity contribution is -0.125. The molecule has 37 heavy (non-hydrogen) atoms. The molecule has 3 aromatic carbocycles. The summed E-state index contributed by atoms with van der Waals surface area (Å²) in [7, 11) is 1.61. The van der Waals surface area contributed by atoms with Gasteiger partial charge in [-0.2, -0.15) is 0 Å². The zero-order valence-electron chi connectivity index (χ0n) is 20.3. The second-order valence-corrected chi connectivity index (χ2v) is 9.14. The number of carbonyl (C=O) groups is 2. The third-order valence-corrected chi connectivity index (χ3v) is 7.01. The predicted octanol–water partition coefficient (Wildman–Crippen LogP) is 3.32. The number of likely N-dealkylation sites (tertiary alicyclic amines) is 1. The molecular weight excluding hydrogens is 476 g/mol. The number of rotatable bonds is 6. The van der Waals surface area contributed by atoms with Crippen LogP contribution in [0.4, 0.5) is 0 Å². The van der Waals surface area contributed by atoms with Crippen LogP contribution in [0.15, 0.2) is 60.7 Å². The number of fused-ring (bicyclic) bond motifs is 2. The maximum atomic E-state index is 13.5. The third-order valence-electron chi connectivity index (χ3n) is 7.01. The zero-order chi connectivity index (χ0) is 25.4.